The van der Waals surface area contributed by atoms with Crippen LogP contribution < -0.4 is 0 Å². The van der Waals surface area contributed by atoms with E-state index >= 15 is 0 Å². The van der Waals surface area contributed by atoms with Gasteiger partial charge >= 0.3 is 0 Å². The van der Waals surface area contributed by atoms with Gasteiger partial charge in [0.2, 0.25) is 0 Å². The molecule has 0 aromatic rings. The Morgan fingerprint density at radius 2 is 1.45 bits per heavy atom. The quantitative estimate of drug-likeness (QED) is 0.257. The summed E-state index contributed by atoms with van der Waals surface area (Å²) in [5, 5.41) is 2.03. The summed E-state index contributed by atoms with van der Waals surface area (Å²) in [5.41, 5.74) is 5.37. The lowest BCUT2D eigenvalue weighted by molar-refractivity contribution is -0.0421. The number of hydrogen-bond acceptors (Lipinski definition) is 1. The van der Waals surface area contributed by atoms with Crippen molar-refractivity contribution in [1.29, 1.82) is 0 Å². The first-order chi connectivity index (χ1) is 25.3. The molecule has 1 aliphatic heterocycles. The highest BCUT2D eigenvalue weighted by atomic mass is 32.2. The van der Waals surface area contributed by atoms with E-state index in [1.807, 2.05) is 5.57 Å². The number of hydrogen-bond donors (Lipinski definition) is 0. The maximum atomic E-state index is 2.92. The Balaban J connectivity index is 0.993. The van der Waals surface area contributed by atoms with Crippen LogP contribution in [0.3, 0.4) is 0 Å². The fraction of sp³-hybridized carbons (Fsp3) is 0.760. The van der Waals surface area contributed by atoms with E-state index in [1.54, 1.807) is 56.1 Å². The Bertz CT molecular complexity index is 1440. The topological polar surface area (TPSA) is 0 Å². The second kappa shape index (κ2) is 15.1. The van der Waals surface area contributed by atoms with Crippen LogP contribution in [0.15, 0.2) is 71.4 Å². The summed E-state index contributed by atoms with van der Waals surface area (Å²) in [6.45, 7) is 0. The molecule has 0 radical (unpaired) electrons. The summed E-state index contributed by atoms with van der Waals surface area (Å²) in [6.07, 6.45) is 57.2. The fourth-order valence-electron chi connectivity index (χ4n) is 15.7. The predicted molar refractivity (Wildman–Crippen MR) is 218 cm³/mol. The molecular weight excluding hydrogens is 633 g/mol. The summed E-state index contributed by atoms with van der Waals surface area (Å²) >= 11 is 2.51. The van der Waals surface area contributed by atoms with Crippen LogP contribution in [-0.2, 0) is 0 Å². The largest absolute Gasteiger partial charge is 0.155 e. The predicted octanol–water partition coefficient (Wildman–Crippen LogP) is 14.0. The van der Waals surface area contributed by atoms with E-state index in [4.69, 9.17) is 0 Å². The first-order valence-corrected chi connectivity index (χ1v) is 24.0. The average Bonchev–Trinajstić information content (AvgIpc) is 3.59. The second-order valence-electron chi connectivity index (χ2n) is 19.8. The molecule has 1 heterocycles. The lowest BCUT2D eigenvalue weighted by atomic mass is 9.46. The van der Waals surface area contributed by atoms with Crippen molar-refractivity contribution in [2.75, 3.05) is 0 Å². The van der Waals surface area contributed by atoms with Gasteiger partial charge in [0.25, 0.3) is 0 Å². The Morgan fingerprint density at radius 3 is 2.37 bits per heavy atom. The average molecular weight is 703 g/mol. The Hall–Kier alpha value is -1.21. The highest BCUT2D eigenvalue weighted by Crippen LogP contribution is 2.65. The van der Waals surface area contributed by atoms with Gasteiger partial charge in [0.1, 0.15) is 0 Å². The van der Waals surface area contributed by atoms with Crippen LogP contribution in [0.1, 0.15) is 148 Å². The molecule has 0 aromatic carbocycles. The van der Waals surface area contributed by atoms with Gasteiger partial charge in [0.15, 0.2) is 0 Å². The fourth-order valence-corrected chi connectivity index (χ4v) is 17.8. The van der Waals surface area contributed by atoms with Gasteiger partial charge in [-0.3, -0.25) is 0 Å². The van der Waals surface area contributed by atoms with Gasteiger partial charge in [-0.1, -0.05) is 79.5 Å². The van der Waals surface area contributed by atoms with Crippen molar-refractivity contribution in [2.45, 2.75) is 158 Å². The molecule has 4 saturated carbocycles. The van der Waals surface area contributed by atoms with Crippen molar-refractivity contribution in [3.8, 4) is 0 Å². The maximum absolute atomic E-state index is 2.92. The monoisotopic (exact) mass is 703 g/mol. The zero-order valence-corrected chi connectivity index (χ0v) is 32.8. The third-order valence-corrected chi connectivity index (χ3v) is 19.4. The molecule has 15 atom stereocenters. The van der Waals surface area contributed by atoms with Crippen LogP contribution >= 0.6 is 11.8 Å². The van der Waals surface area contributed by atoms with E-state index < -0.39 is 0 Å². The molecular formula is C50H70S. The van der Waals surface area contributed by atoms with Crippen molar-refractivity contribution >= 4 is 11.8 Å². The summed E-state index contributed by atoms with van der Waals surface area (Å²) in [4.78, 5) is 0. The van der Waals surface area contributed by atoms with Gasteiger partial charge in [0.05, 0.1) is 0 Å². The summed E-state index contributed by atoms with van der Waals surface area (Å²) in [6, 6.07) is 0. The summed E-state index contributed by atoms with van der Waals surface area (Å²) in [7, 11) is 0. The van der Waals surface area contributed by atoms with Gasteiger partial charge in [-0.2, -0.15) is 11.8 Å². The highest BCUT2D eigenvalue weighted by molar-refractivity contribution is 8.00. The lowest BCUT2D eigenvalue weighted by Gasteiger charge is -2.59. The molecule has 1 heteroatoms. The molecule has 10 rings (SSSR count). The smallest absolute Gasteiger partial charge is 0.00840 e. The number of thioether (sulfide) groups is 1. The normalized spacial score (nSPS) is 48.0. The molecule has 15 unspecified atom stereocenters. The molecule has 1 saturated heterocycles. The molecule has 10 aliphatic rings. The zero-order valence-electron chi connectivity index (χ0n) is 32.0. The summed E-state index contributed by atoms with van der Waals surface area (Å²) < 4.78 is 0. The van der Waals surface area contributed by atoms with Crippen molar-refractivity contribution in [1.82, 2.24) is 0 Å². The third kappa shape index (κ3) is 6.54. The van der Waals surface area contributed by atoms with Crippen LogP contribution in [0.5, 0.6) is 0 Å². The number of allylic oxidation sites excluding steroid dienone is 12. The van der Waals surface area contributed by atoms with Crippen molar-refractivity contribution in [3.63, 3.8) is 0 Å². The second-order valence-corrected chi connectivity index (χ2v) is 21.3. The minimum atomic E-state index is 0.808. The van der Waals surface area contributed by atoms with Gasteiger partial charge in [0, 0.05) is 10.5 Å². The van der Waals surface area contributed by atoms with Crippen LogP contribution in [0, 0.1) is 76.9 Å². The van der Waals surface area contributed by atoms with Gasteiger partial charge in [-0.25, -0.2) is 0 Å². The van der Waals surface area contributed by atoms with Crippen LogP contribution in [-0.4, -0.2) is 10.5 Å². The molecule has 0 amide bonds. The van der Waals surface area contributed by atoms with E-state index in [2.05, 4.69) is 66.4 Å². The minimum absolute atomic E-state index is 0.808. The van der Waals surface area contributed by atoms with E-state index in [-0.39, 0.29) is 0 Å². The number of rotatable bonds is 5. The van der Waals surface area contributed by atoms with Gasteiger partial charge in [-0.15, -0.1) is 0 Å². The van der Waals surface area contributed by atoms with Gasteiger partial charge < -0.3 is 0 Å². The van der Waals surface area contributed by atoms with Crippen LogP contribution in [0.25, 0.3) is 0 Å². The van der Waals surface area contributed by atoms with E-state index in [0.717, 1.165) is 87.4 Å². The molecule has 9 aliphatic carbocycles. The Kier molecular flexibility index (Phi) is 10.2. The molecule has 0 nitrogen and oxygen atoms in total. The maximum Gasteiger partial charge on any atom is 0.00840 e. The van der Waals surface area contributed by atoms with Crippen LogP contribution in [0.4, 0.5) is 0 Å². The Morgan fingerprint density at radius 1 is 0.529 bits per heavy atom. The SMILES string of the molecule is C1=CC(C2=CC(C3C4CCCC=C4C(C4CC=CC(C5CC=CCC5)C4)C4CC(C5CCCC6SC7CCCCC7C65)CCC43)CCC2)=CCC1. The molecule has 5 fully saturated rings. The molecule has 276 valence electrons. The molecule has 0 aromatic heterocycles. The summed E-state index contributed by atoms with van der Waals surface area (Å²) in [5.74, 6) is 12.2. The first-order valence-electron chi connectivity index (χ1n) is 23.0. The number of fused-ring (bicyclic) bond motifs is 5. The van der Waals surface area contributed by atoms with E-state index in [0.29, 0.717) is 0 Å². The molecule has 51 heavy (non-hydrogen) atoms. The molecule has 0 N–H and O–H groups in total. The van der Waals surface area contributed by atoms with Crippen molar-refractivity contribution < 1.29 is 0 Å². The Labute approximate surface area is 317 Å². The van der Waals surface area contributed by atoms with Gasteiger partial charge in [-0.05, 0) is 216 Å². The van der Waals surface area contributed by atoms with Crippen molar-refractivity contribution in [2.24, 2.45) is 76.9 Å². The minimum Gasteiger partial charge on any atom is -0.155 e. The molecule has 0 spiro atoms. The molecule has 0 bridgehead atoms. The standard InChI is InChI=1S/C50H70S/c1-3-14-33(15-4-1)35-18-11-20-38(30-35)48-41-22-7-8-23-42(41)49(39-21-12-19-36(31-39)34-16-5-2-6-17-34)45-32-37(28-29-43(45)48)40-25-13-27-47-50(40)44-24-9-10-26-46(44)51-47/h2-3,5,12,14-15,19,23,30,34,36-41,43-50H,1,4,6-11,13,16-18,20-22,24-29,31-32H2. The third-order valence-electron chi connectivity index (χ3n) is 17.6. The first kappa shape index (κ1) is 34.3. The van der Waals surface area contributed by atoms with Crippen molar-refractivity contribution in [3.05, 3.63) is 71.4 Å². The van der Waals surface area contributed by atoms with E-state index in [1.165, 1.54) is 103 Å². The lowest BCUT2D eigenvalue weighted by Crippen LogP contribution is -2.51. The van der Waals surface area contributed by atoms with Crippen LogP contribution in [0.2, 0.25) is 0 Å². The zero-order chi connectivity index (χ0) is 33.7. The highest BCUT2D eigenvalue weighted by Gasteiger charge is 2.56. The van der Waals surface area contributed by atoms with E-state index in [9.17, 15) is 0 Å².